The van der Waals surface area contributed by atoms with Crippen molar-refractivity contribution in [2.45, 2.75) is 19.0 Å². The highest BCUT2D eigenvalue weighted by Crippen LogP contribution is 2.04. The number of nitrogens with one attached hydrogen (secondary N) is 1. The summed E-state index contributed by atoms with van der Waals surface area (Å²) in [5.41, 5.74) is 1.24. The van der Waals surface area contributed by atoms with Crippen LogP contribution < -0.4 is 5.32 Å². The van der Waals surface area contributed by atoms with Gasteiger partial charge in [-0.15, -0.1) is 0 Å². The van der Waals surface area contributed by atoms with Crippen molar-refractivity contribution < 1.29 is 9.90 Å². The third kappa shape index (κ3) is 4.97. The molecule has 0 saturated carbocycles. The predicted octanol–water partition coefficient (Wildman–Crippen LogP) is 1.18. The molecule has 17 heavy (non-hydrogen) atoms. The quantitative estimate of drug-likeness (QED) is 0.746. The summed E-state index contributed by atoms with van der Waals surface area (Å²) in [6.45, 7) is 1.60. The van der Waals surface area contributed by atoms with Crippen molar-refractivity contribution in [1.82, 2.24) is 10.2 Å². The van der Waals surface area contributed by atoms with Gasteiger partial charge >= 0.3 is 5.97 Å². The molecular weight excluding hydrogens is 216 g/mol. The largest absolute Gasteiger partial charge is 0.480 e. The van der Waals surface area contributed by atoms with Crippen LogP contribution in [0, 0.1) is 0 Å². The number of carbonyl (C=O) groups is 1. The molecule has 4 nitrogen and oxygen atoms in total. The van der Waals surface area contributed by atoms with E-state index in [0.29, 0.717) is 6.42 Å². The van der Waals surface area contributed by atoms with Crippen LogP contribution in [0.3, 0.4) is 0 Å². The zero-order chi connectivity index (χ0) is 12.7. The summed E-state index contributed by atoms with van der Waals surface area (Å²) in [6, 6.07) is 9.69. The summed E-state index contributed by atoms with van der Waals surface area (Å²) in [6.07, 6.45) is 0.606. The minimum absolute atomic E-state index is 0.465. The molecule has 0 aliphatic carbocycles. The topological polar surface area (TPSA) is 52.6 Å². The number of rotatable bonds is 7. The van der Waals surface area contributed by atoms with E-state index in [2.05, 4.69) is 22.3 Å². The average molecular weight is 236 g/mol. The summed E-state index contributed by atoms with van der Waals surface area (Å²) in [5, 5.41) is 11.7. The minimum Gasteiger partial charge on any atom is -0.480 e. The molecule has 0 fully saturated rings. The Balaban J connectivity index is 2.35. The second kappa shape index (κ2) is 7.04. The molecule has 1 rings (SSSR count). The van der Waals surface area contributed by atoms with Crippen LogP contribution >= 0.6 is 0 Å². The second-order valence-electron chi connectivity index (χ2n) is 4.19. The highest BCUT2D eigenvalue weighted by atomic mass is 16.4. The Hall–Kier alpha value is -1.39. The van der Waals surface area contributed by atoms with Gasteiger partial charge in [0.1, 0.15) is 6.04 Å². The van der Waals surface area contributed by atoms with E-state index in [4.69, 9.17) is 5.11 Å². The Bertz CT molecular complexity index is 341. The molecule has 0 bridgehead atoms. The normalized spacial score (nSPS) is 12.6. The van der Waals surface area contributed by atoms with Crippen molar-refractivity contribution in [1.29, 1.82) is 0 Å². The first kappa shape index (κ1) is 13.7. The molecule has 0 aliphatic heterocycles. The molecule has 0 aliphatic rings. The molecule has 0 saturated heterocycles. The molecule has 4 heteroatoms. The first-order valence-corrected chi connectivity index (χ1v) is 5.76. The first-order chi connectivity index (χ1) is 8.13. The van der Waals surface area contributed by atoms with Crippen LogP contribution in [-0.4, -0.2) is 42.7 Å². The Morgan fingerprint density at radius 3 is 2.59 bits per heavy atom. The lowest BCUT2D eigenvalue weighted by Crippen LogP contribution is -2.37. The highest BCUT2D eigenvalue weighted by molar-refractivity contribution is 5.73. The Morgan fingerprint density at radius 2 is 2.06 bits per heavy atom. The Labute approximate surface area is 102 Å². The second-order valence-corrected chi connectivity index (χ2v) is 4.19. The van der Waals surface area contributed by atoms with E-state index in [1.165, 1.54) is 5.56 Å². The lowest BCUT2D eigenvalue weighted by atomic mass is 10.2. The molecule has 0 amide bonds. The molecule has 0 radical (unpaired) electrons. The van der Waals surface area contributed by atoms with Crippen LogP contribution in [0.2, 0.25) is 0 Å². The number of hydrogen-bond acceptors (Lipinski definition) is 3. The van der Waals surface area contributed by atoms with Gasteiger partial charge < -0.3 is 15.3 Å². The number of aliphatic carboxylic acids is 1. The van der Waals surface area contributed by atoms with Gasteiger partial charge in [-0.05, 0) is 26.1 Å². The fourth-order valence-electron chi connectivity index (χ4n) is 1.71. The van der Waals surface area contributed by atoms with Gasteiger partial charge in [-0.2, -0.15) is 0 Å². The zero-order valence-corrected chi connectivity index (χ0v) is 10.4. The average Bonchev–Trinajstić information content (AvgIpc) is 2.30. The molecule has 1 aromatic rings. The monoisotopic (exact) mass is 236 g/mol. The SMILES string of the molecule is CNC(CCN(C)Cc1ccccc1)C(=O)O. The van der Waals surface area contributed by atoms with Crippen molar-refractivity contribution in [3.05, 3.63) is 35.9 Å². The maximum atomic E-state index is 10.8. The summed E-state index contributed by atoms with van der Waals surface area (Å²) in [4.78, 5) is 12.9. The number of carboxylic acids is 1. The van der Waals surface area contributed by atoms with E-state index < -0.39 is 12.0 Å². The maximum absolute atomic E-state index is 10.8. The molecule has 1 atom stereocenters. The standard InChI is InChI=1S/C13H20N2O2/c1-14-12(13(16)17)8-9-15(2)10-11-6-4-3-5-7-11/h3-7,12,14H,8-10H2,1-2H3,(H,16,17). The Morgan fingerprint density at radius 1 is 1.41 bits per heavy atom. The molecular formula is C13H20N2O2. The molecule has 94 valence electrons. The number of nitrogens with zero attached hydrogens (tertiary/aromatic N) is 1. The van der Waals surface area contributed by atoms with Gasteiger partial charge in [0.05, 0.1) is 0 Å². The third-order valence-electron chi connectivity index (χ3n) is 2.74. The molecule has 1 aromatic carbocycles. The van der Waals surface area contributed by atoms with Gasteiger partial charge in [0.15, 0.2) is 0 Å². The fourth-order valence-corrected chi connectivity index (χ4v) is 1.71. The number of hydrogen-bond donors (Lipinski definition) is 2. The van der Waals surface area contributed by atoms with Crippen molar-refractivity contribution in [2.75, 3.05) is 20.6 Å². The summed E-state index contributed by atoms with van der Waals surface area (Å²) in [7, 11) is 3.68. The number of likely N-dealkylation sites (N-methyl/N-ethyl adjacent to an activating group) is 1. The van der Waals surface area contributed by atoms with Gasteiger partial charge in [-0.3, -0.25) is 4.79 Å². The number of benzene rings is 1. The van der Waals surface area contributed by atoms with Crippen LogP contribution in [-0.2, 0) is 11.3 Å². The van der Waals surface area contributed by atoms with Crippen LogP contribution in [0.1, 0.15) is 12.0 Å². The van der Waals surface area contributed by atoms with E-state index in [1.54, 1.807) is 7.05 Å². The smallest absolute Gasteiger partial charge is 0.320 e. The van der Waals surface area contributed by atoms with Crippen LogP contribution in [0.25, 0.3) is 0 Å². The van der Waals surface area contributed by atoms with Gasteiger partial charge in [-0.1, -0.05) is 30.3 Å². The van der Waals surface area contributed by atoms with E-state index >= 15 is 0 Å². The van der Waals surface area contributed by atoms with E-state index in [1.807, 2.05) is 25.2 Å². The van der Waals surface area contributed by atoms with E-state index in [0.717, 1.165) is 13.1 Å². The summed E-state index contributed by atoms with van der Waals surface area (Å²) in [5.74, 6) is -0.791. The van der Waals surface area contributed by atoms with Crippen molar-refractivity contribution >= 4 is 5.97 Å². The van der Waals surface area contributed by atoms with E-state index in [9.17, 15) is 4.79 Å². The Kier molecular flexibility index (Phi) is 5.66. The molecule has 0 spiro atoms. The van der Waals surface area contributed by atoms with Crippen LogP contribution in [0.5, 0.6) is 0 Å². The molecule has 2 N–H and O–H groups in total. The lowest BCUT2D eigenvalue weighted by molar-refractivity contribution is -0.139. The maximum Gasteiger partial charge on any atom is 0.320 e. The summed E-state index contributed by atoms with van der Waals surface area (Å²) >= 11 is 0. The van der Waals surface area contributed by atoms with Gasteiger partial charge in [0.2, 0.25) is 0 Å². The molecule has 0 aromatic heterocycles. The zero-order valence-electron chi connectivity index (χ0n) is 10.4. The fraction of sp³-hybridized carbons (Fsp3) is 0.462. The third-order valence-corrected chi connectivity index (χ3v) is 2.74. The van der Waals surface area contributed by atoms with E-state index in [-0.39, 0.29) is 0 Å². The first-order valence-electron chi connectivity index (χ1n) is 5.76. The minimum atomic E-state index is -0.791. The van der Waals surface area contributed by atoms with Crippen LogP contribution in [0.4, 0.5) is 0 Å². The van der Waals surface area contributed by atoms with Crippen LogP contribution in [0.15, 0.2) is 30.3 Å². The van der Waals surface area contributed by atoms with Gasteiger partial charge in [0, 0.05) is 13.1 Å². The van der Waals surface area contributed by atoms with Crippen molar-refractivity contribution in [3.63, 3.8) is 0 Å². The van der Waals surface area contributed by atoms with Gasteiger partial charge in [0.25, 0.3) is 0 Å². The molecule has 1 unspecified atom stereocenters. The van der Waals surface area contributed by atoms with Crippen molar-refractivity contribution in [3.8, 4) is 0 Å². The van der Waals surface area contributed by atoms with Crippen molar-refractivity contribution in [2.24, 2.45) is 0 Å². The predicted molar refractivity (Wildman–Crippen MR) is 67.9 cm³/mol. The highest BCUT2D eigenvalue weighted by Gasteiger charge is 2.14. The van der Waals surface area contributed by atoms with Gasteiger partial charge in [-0.25, -0.2) is 0 Å². The number of carboxylic acid groups (broad SMARTS) is 1. The molecule has 0 heterocycles. The lowest BCUT2D eigenvalue weighted by Gasteiger charge is -2.19. The summed E-state index contributed by atoms with van der Waals surface area (Å²) < 4.78 is 0.